The Morgan fingerprint density at radius 3 is 2.42 bits per heavy atom. The van der Waals surface area contributed by atoms with E-state index >= 15 is 0 Å². The second-order valence-corrected chi connectivity index (χ2v) is 3.72. The zero-order chi connectivity index (χ0) is 8.55. The highest BCUT2D eigenvalue weighted by Gasteiger charge is 2.26. The van der Waals surface area contributed by atoms with E-state index < -0.39 is 0 Å². The summed E-state index contributed by atoms with van der Waals surface area (Å²) in [4.78, 5) is 11.5. The number of allylic oxidation sites excluding steroid dienone is 3. The van der Waals surface area contributed by atoms with Crippen LogP contribution in [0.2, 0.25) is 0 Å². The standard InChI is InChI=1S/C11H14O/c1-8-7-11(12)10-6-4-2-3-5-9(8)10/h1-7H2. The topological polar surface area (TPSA) is 17.1 Å². The van der Waals surface area contributed by atoms with Gasteiger partial charge in [-0.05, 0) is 42.4 Å². The average Bonchev–Trinajstić information content (AvgIpc) is 2.29. The molecule has 2 aliphatic rings. The minimum atomic E-state index is 0.344. The molecule has 1 nitrogen and oxygen atoms in total. The maximum Gasteiger partial charge on any atom is 0.163 e. The minimum Gasteiger partial charge on any atom is -0.294 e. The van der Waals surface area contributed by atoms with Gasteiger partial charge in [-0.2, -0.15) is 0 Å². The quantitative estimate of drug-likeness (QED) is 0.535. The maximum atomic E-state index is 11.5. The molecule has 0 bridgehead atoms. The van der Waals surface area contributed by atoms with Crippen LogP contribution in [0.15, 0.2) is 23.3 Å². The SMILES string of the molecule is C=C1CC(=O)C2=C1CCCCC2. The van der Waals surface area contributed by atoms with Crippen LogP contribution in [0, 0.1) is 0 Å². The monoisotopic (exact) mass is 162 g/mol. The Kier molecular flexibility index (Phi) is 1.87. The molecule has 0 heterocycles. The molecule has 1 heteroatoms. The summed E-state index contributed by atoms with van der Waals surface area (Å²) in [6, 6.07) is 0. The van der Waals surface area contributed by atoms with Crippen LogP contribution < -0.4 is 0 Å². The normalized spacial score (nSPS) is 24.3. The van der Waals surface area contributed by atoms with Crippen molar-refractivity contribution in [1.29, 1.82) is 0 Å². The van der Waals surface area contributed by atoms with Crippen molar-refractivity contribution in [3.63, 3.8) is 0 Å². The van der Waals surface area contributed by atoms with Crippen LogP contribution in [0.4, 0.5) is 0 Å². The van der Waals surface area contributed by atoms with Gasteiger partial charge in [0.15, 0.2) is 5.78 Å². The van der Waals surface area contributed by atoms with E-state index in [0.717, 1.165) is 24.0 Å². The summed E-state index contributed by atoms with van der Waals surface area (Å²) in [6.45, 7) is 3.95. The first-order chi connectivity index (χ1) is 5.79. The summed E-state index contributed by atoms with van der Waals surface area (Å²) in [5.74, 6) is 0.344. The van der Waals surface area contributed by atoms with Crippen molar-refractivity contribution in [2.45, 2.75) is 38.5 Å². The Morgan fingerprint density at radius 1 is 1.00 bits per heavy atom. The predicted molar refractivity (Wildman–Crippen MR) is 48.9 cm³/mol. The van der Waals surface area contributed by atoms with Crippen molar-refractivity contribution in [3.8, 4) is 0 Å². The molecule has 12 heavy (non-hydrogen) atoms. The number of rotatable bonds is 0. The molecule has 2 rings (SSSR count). The summed E-state index contributed by atoms with van der Waals surface area (Å²) >= 11 is 0. The number of ketones is 1. The van der Waals surface area contributed by atoms with E-state index in [1.54, 1.807) is 0 Å². The van der Waals surface area contributed by atoms with Gasteiger partial charge in [-0.1, -0.05) is 13.0 Å². The lowest BCUT2D eigenvalue weighted by molar-refractivity contribution is -0.114. The summed E-state index contributed by atoms with van der Waals surface area (Å²) in [5.41, 5.74) is 3.51. The number of carbonyl (C=O) groups excluding carboxylic acids is 1. The smallest absolute Gasteiger partial charge is 0.163 e. The van der Waals surface area contributed by atoms with E-state index in [1.165, 1.54) is 24.8 Å². The molecule has 0 aromatic heterocycles. The molecule has 0 aliphatic heterocycles. The van der Waals surface area contributed by atoms with Crippen LogP contribution in [0.25, 0.3) is 0 Å². The van der Waals surface area contributed by atoms with E-state index in [1.807, 2.05) is 0 Å². The summed E-state index contributed by atoms with van der Waals surface area (Å²) in [6.07, 6.45) is 6.41. The first-order valence-corrected chi connectivity index (χ1v) is 4.72. The van der Waals surface area contributed by atoms with E-state index in [0.29, 0.717) is 12.2 Å². The minimum absolute atomic E-state index is 0.344. The fourth-order valence-electron chi connectivity index (χ4n) is 2.19. The average molecular weight is 162 g/mol. The van der Waals surface area contributed by atoms with Crippen LogP contribution in [-0.2, 0) is 4.79 Å². The van der Waals surface area contributed by atoms with Crippen LogP contribution in [0.3, 0.4) is 0 Å². The fourth-order valence-corrected chi connectivity index (χ4v) is 2.19. The van der Waals surface area contributed by atoms with Crippen LogP contribution >= 0.6 is 0 Å². The van der Waals surface area contributed by atoms with Crippen molar-refractivity contribution < 1.29 is 4.79 Å². The molecular formula is C11H14O. The Balaban J connectivity index is 2.33. The largest absolute Gasteiger partial charge is 0.294 e. The van der Waals surface area contributed by atoms with Gasteiger partial charge in [-0.25, -0.2) is 0 Å². The van der Waals surface area contributed by atoms with Crippen LogP contribution in [0.5, 0.6) is 0 Å². The van der Waals surface area contributed by atoms with E-state index in [-0.39, 0.29) is 0 Å². The van der Waals surface area contributed by atoms with E-state index in [4.69, 9.17) is 0 Å². The Hall–Kier alpha value is -0.850. The molecule has 0 radical (unpaired) electrons. The first-order valence-electron chi connectivity index (χ1n) is 4.72. The van der Waals surface area contributed by atoms with Gasteiger partial charge in [0.1, 0.15) is 0 Å². The second kappa shape index (κ2) is 2.89. The fraction of sp³-hybridized carbons (Fsp3) is 0.545. The molecule has 0 spiro atoms. The molecule has 0 N–H and O–H groups in total. The van der Waals surface area contributed by atoms with Crippen molar-refractivity contribution in [1.82, 2.24) is 0 Å². The van der Waals surface area contributed by atoms with Gasteiger partial charge in [0, 0.05) is 6.42 Å². The lowest BCUT2D eigenvalue weighted by atomic mass is 10.0. The van der Waals surface area contributed by atoms with Crippen molar-refractivity contribution in [3.05, 3.63) is 23.3 Å². The summed E-state index contributed by atoms with van der Waals surface area (Å²) < 4.78 is 0. The molecule has 0 aromatic rings. The van der Waals surface area contributed by atoms with Gasteiger partial charge in [-0.15, -0.1) is 0 Å². The van der Waals surface area contributed by atoms with Gasteiger partial charge in [0.25, 0.3) is 0 Å². The van der Waals surface area contributed by atoms with Crippen molar-refractivity contribution >= 4 is 5.78 Å². The molecule has 2 aliphatic carbocycles. The molecule has 0 unspecified atom stereocenters. The van der Waals surface area contributed by atoms with Gasteiger partial charge < -0.3 is 0 Å². The molecule has 64 valence electrons. The zero-order valence-electron chi connectivity index (χ0n) is 7.36. The first kappa shape index (κ1) is 7.78. The molecular weight excluding hydrogens is 148 g/mol. The third-order valence-corrected chi connectivity index (χ3v) is 2.86. The molecule has 0 fully saturated rings. The Bertz CT molecular complexity index is 245. The lowest BCUT2D eigenvalue weighted by Crippen LogP contribution is -1.95. The van der Waals surface area contributed by atoms with Gasteiger partial charge in [-0.3, -0.25) is 4.79 Å². The number of Topliss-reactive ketones (excluding diaryl/α,β-unsaturated/α-hetero) is 1. The molecule has 0 amide bonds. The van der Waals surface area contributed by atoms with Gasteiger partial charge in [0.05, 0.1) is 0 Å². The maximum absolute atomic E-state index is 11.5. The molecule has 0 saturated heterocycles. The van der Waals surface area contributed by atoms with Crippen molar-refractivity contribution in [2.75, 3.05) is 0 Å². The van der Waals surface area contributed by atoms with Crippen LogP contribution in [0.1, 0.15) is 38.5 Å². The van der Waals surface area contributed by atoms with E-state index in [2.05, 4.69) is 6.58 Å². The predicted octanol–water partition coefficient (Wildman–Crippen LogP) is 2.78. The third-order valence-electron chi connectivity index (χ3n) is 2.86. The molecule has 0 aromatic carbocycles. The molecule has 0 saturated carbocycles. The third kappa shape index (κ3) is 1.13. The van der Waals surface area contributed by atoms with Gasteiger partial charge >= 0.3 is 0 Å². The number of hydrogen-bond acceptors (Lipinski definition) is 1. The Labute approximate surface area is 73.2 Å². The highest BCUT2D eigenvalue weighted by molar-refractivity contribution is 6.02. The van der Waals surface area contributed by atoms with Crippen LogP contribution in [-0.4, -0.2) is 5.78 Å². The molecule has 0 atom stereocenters. The number of carbonyl (C=O) groups is 1. The summed E-state index contributed by atoms with van der Waals surface area (Å²) in [5, 5.41) is 0. The van der Waals surface area contributed by atoms with E-state index in [9.17, 15) is 4.79 Å². The number of hydrogen-bond donors (Lipinski definition) is 0. The summed E-state index contributed by atoms with van der Waals surface area (Å²) in [7, 11) is 0. The second-order valence-electron chi connectivity index (χ2n) is 3.72. The zero-order valence-corrected chi connectivity index (χ0v) is 7.36. The lowest BCUT2D eigenvalue weighted by Gasteiger charge is -2.00. The highest BCUT2D eigenvalue weighted by atomic mass is 16.1. The Morgan fingerprint density at radius 2 is 1.67 bits per heavy atom. The van der Waals surface area contributed by atoms with Crippen molar-refractivity contribution in [2.24, 2.45) is 0 Å². The highest BCUT2D eigenvalue weighted by Crippen LogP contribution is 2.36. The van der Waals surface area contributed by atoms with Gasteiger partial charge in [0.2, 0.25) is 0 Å².